The maximum absolute atomic E-state index is 14.6. The van der Waals surface area contributed by atoms with E-state index in [0.29, 0.717) is 46.1 Å². The van der Waals surface area contributed by atoms with Gasteiger partial charge in [0.15, 0.2) is 11.6 Å². The summed E-state index contributed by atoms with van der Waals surface area (Å²) in [6.07, 6.45) is 6.16. The fourth-order valence-electron chi connectivity index (χ4n) is 3.85. The van der Waals surface area contributed by atoms with Gasteiger partial charge in [0.2, 0.25) is 0 Å². The Bertz CT molecular complexity index is 1120. The molecule has 8 nitrogen and oxygen atoms in total. The molecule has 0 spiro atoms. The minimum Gasteiger partial charge on any atom is -0.494 e. The summed E-state index contributed by atoms with van der Waals surface area (Å²) in [5, 5.41) is 6.25. The first-order valence-electron chi connectivity index (χ1n) is 10.5. The zero-order valence-electron chi connectivity index (χ0n) is 17.2. The molecule has 1 amide bonds. The molecule has 0 unspecified atom stereocenters. The van der Waals surface area contributed by atoms with Gasteiger partial charge in [0, 0.05) is 30.4 Å². The molecule has 0 bridgehead atoms. The molecule has 3 aromatic rings. The van der Waals surface area contributed by atoms with Crippen molar-refractivity contribution >= 4 is 16.9 Å². The number of ether oxygens (including phenoxy) is 2. The topological polar surface area (TPSA) is 101 Å². The zero-order chi connectivity index (χ0) is 21.4. The number of nitrogens with one attached hydrogen (secondary N) is 3. The summed E-state index contributed by atoms with van der Waals surface area (Å²) in [7, 11) is 1.42. The number of rotatable bonds is 7. The fraction of sp³-hybridized carbons (Fsp3) is 0.409. The summed E-state index contributed by atoms with van der Waals surface area (Å²) in [6.45, 7) is 2.20. The first-order valence-corrected chi connectivity index (χ1v) is 10.5. The van der Waals surface area contributed by atoms with Gasteiger partial charge in [-0.15, -0.1) is 0 Å². The number of halogens is 1. The predicted octanol–water partition coefficient (Wildman–Crippen LogP) is 2.65. The SMILES string of the molecule is COc1cc(OCC2CC2)c(-c2ncnc3c(C(=O)N[C@@H]4CCNC4)c[nH]c23)cc1F. The van der Waals surface area contributed by atoms with Crippen LogP contribution in [-0.4, -0.2) is 53.7 Å². The minimum absolute atomic E-state index is 0.0943. The van der Waals surface area contributed by atoms with Gasteiger partial charge >= 0.3 is 0 Å². The van der Waals surface area contributed by atoms with Crippen LogP contribution in [0.4, 0.5) is 4.39 Å². The number of aromatic amines is 1. The number of hydrogen-bond acceptors (Lipinski definition) is 6. The quantitative estimate of drug-likeness (QED) is 0.538. The summed E-state index contributed by atoms with van der Waals surface area (Å²) in [5.74, 6) is 0.413. The number of methoxy groups -OCH3 is 1. The van der Waals surface area contributed by atoms with E-state index in [9.17, 15) is 9.18 Å². The van der Waals surface area contributed by atoms with Gasteiger partial charge < -0.3 is 25.1 Å². The summed E-state index contributed by atoms with van der Waals surface area (Å²) < 4.78 is 25.7. The molecule has 2 aliphatic rings. The third kappa shape index (κ3) is 3.93. The van der Waals surface area contributed by atoms with Crippen LogP contribution < -0.4 is 20.1 Å². The Morgan fingerprint density at radius 1 is 1.26 bits per heavy atom. The monoisotopic (exact) mass is 425 g/mol. The fourth-order valence-corrected chi connectivity index (χ4v) is 3.85. The third-order valence-electron chi connectivity index (χ3n) is 5.78. The van der Waals surface area contributed by atoms with Crippen molar-refractivity contribution in [2.75, 3.05) is 26.8 Å². The molecule has 3 heterocycles. The van der Waals surface area contributed by atoms with E-state index < -0.39 is 5.82 Å². The Morgan fingerprint density at radius 2 is 2.13 bits per heavy atom. The first kappa shape index (κ1) is 19.7. The number of aromatic nitrogens is 3. The number of hydrogen-bond donors (Lipinski definition) is 3. The second-order valence-electron chi connectivity index (χ2n) is 8.05. The number of nitrogens with zero attached hydrogens (tertiary/aromatic N) is 2. The normalized spacial score (nSPS) is 18.3. The van der Waals surface area contributed by atoms with Crippen molar-refractivity contribution in [2.24, 2.45) is 5.92 Å². The van der Waals surface area contributed by atoms with Crippen molar-refractivity contribution in [1.29, 1.82) is 0 Å². The second-order valence-corrected chi connectivity index (χ2v) is 8.05. The van der Waals surface area contributed by atoms with Gasteiger partial charge in [-0.1, -0.05) is 0 Å². The number of carbonyl (C=O) groups excluding carboxylic acids is 1. The van der Waals surface area contributed by atoms with Gasteiger partial charge in [0.25, 0.3) is 5.91 Å². The molecular weight excluding hydrogens is 401 g/mol. The van der Waals surface area contributed by atoms with Gasteiger partial charge in [-0.05, 0) is 37.8 Å². The van der Waals surface area contributed by atoms with Crippen molar-refractivity contribution in [1.82, 2.24) is 25.6 Å². The van der Waals surface area contributed by atoms with Crippen LogP contribution in [-0.2, 0) is 0 Å². The highest BCUT2D eigenvalue weighted by molar-refractivity contribution is 6.08. The van der Waals surface area contributed by atoms with Crippen molar-refractivity contribution in [3.63, 3.8) is 0 Å². The summed E-state index contributed by atoms with van der Waals surface area (Å²) in [5.41, 5.74) is 2.43. The van der Waals surface area contributed by atoms with E-state index >= 15 is 0 Å². The molecule has 162 valence electrons. The maximum Gasteiger partial charge on any atom is 0.255 e. The number of H-pyrrole nitrogens is 1. The van der Waals surface area contributed by atoms with E-state index in [1.807, 2.05) is 0 Å². The lowest BCUT2D eigenvalue weighted by Gasteiger charge is -2.14. The van der Waals surface area contributed by atoms with Crippen LogP contribution in [0.1, 0.15) is 29.6 Å². The highest BCUT2D eigenvalue weighted by Crippen LogP contribution is 2.39. The van der Waals surface area contributed by atoms with E-state index in [1.165, 1.54) is 19.5 Å². The molecule has 1 aliphatic heterocycles. The highest BCUT2D eigenvalue weighted by atomic mass is 19.1. The van der Waals surface area contributed by atoms with E-state index in [4.69, 9.17) is 9.47 Å². The molecule has 5 rings (SSSR count). The van der Waals surface area contributed by atoms with Gasteiger partial charge in [-0.25, -0.2) is 14.4 Å². The Morgan fingerprint density at radius 3 is 2.87 bits per heavy atom. The molecule has 0 radical (unpaired) electrons. The van der Waals surface area contributed by atoms with Crippen LogP contribution in [0.25, 0.3) is 22.3 Å². The van der Waals surface area contributed by atoms with Crippen LogP contribution >= 0.6 is 0 Å². The smallest absolute Gasteiger partial charge is 0.255 e. The highest BCUT2D eigenvalue weighted by Gasteiger charge is 2.25. The van der Waals surface area contributed by atoms with Gasteiger partial charge in [0.1, 0.15) is 23.3 Å². The third-order valence-corrected chi connectivity index (χ3v) is 5.78. The Balaban J connectivity index is 1.53. The average Bonchev–Trinajstić information content (AvgIpc) is 3.27. The Kier molecular flexibility index (Phi) is 5.19. The molecular formula is C22H24FN5O3. The molecule has 2 fully saturated rings. The lowest BCUT2D eigenvalue weighted by atomic mass is 10.1. The maximum atomic E-state index is 14.6. The molecule has 1 aliphatic carbocycles. The largest absolute Gasteiger partial charge is 0.494 e. The Labute approximate surface area is 178 Å². The second kappa shape index (κ2) is 8.14. The summed E-state index contributed by atoms with van der Waals surface area (Å²) >= 11 is 0. The lowest BCUT2D eigenvalue weighted by Crippen LogP contribution is -2.36. The predicted molar refractivity (Wildman–Crippen MR) is 113 cm³/mol. The van der Waals surface area contributed by atoms with E-state index in [1.54, 1.807) is 12.3 Å². The van der Waals surface area contributed by atoms with E-state index in [0.717, 1.165) is 32.4 Å². The van der Waals surface area contributed by atoms with Crippen LogP contribution in [0.3, 0.4) is 0 Å². The van der Waals surface area contributed by atoms with Gasteiger partial charge in [-0.2, -0.15) is 0 Å². The van der Waals surface area contributed by atoms with Crippen LogP contribution in [0.15, 0.2) is 24.7 Å². The summed E-state index contributed by atoms with van der Waals surface area (Å²) in [4.78, 5) is 24.6. The zero-order valence-corrected chi connectivity index (χ0v) is 17.2. The van der Waals surface area contributed by atoms with Gasteiger partial charge in [-0.3, -0.25) is 4.79 Å². The first-order chi connectivity index (χ1) is 15.1. The molecule has 3 N–H and O–H groups in total. The lowest BCUT2D eigenvalue weighted by molar-refractivity contribution is 0.0941. The van der Waals surface area contributed by atoms with Crippen molar-refractivity contribution in [2.45, 2.75) is 25.3 Å². The Hall–Kier alpha value is -3.20. The van der Waals surface area contributed by atoms with Crippen molar-refractivity contribution in [3.8, 4) is 22.8 Å². The van der Waals surface area contributed by atoms with Crippen molar-refractivity contribution < 1.29 is 18.7 Å². The van der Waals surface area contributed by atoms with Crippen LogP contribution in [0, 0.1) is 11.7 Å². The molecule has 1 aromatic carbocycles. The number of fused-ring (bicyclic) bond motifs is 1. The molecule has 1 saturated heterocycles. The average molecular weight is 425 g/mol. The molecule has 31 heavy (non-hydrogen) atoms. The van der Waals surface area contributed by atoms with Crippen LogP contribution in [0.5, 0.6) is 11.5 Å². The van der Waals surface area contributed by atoms with Crippen molar-refractivity contribution in [3.05, 3.63) is 36.0 Å². The molecule has 9 heteroatoms. The minimum atomic E-state index is -0.513. The number of benzene rings is 1. The standard InChI is InChI=1S/C22H24FN5O3/c1-30-18-7-17(31-10-12-2-3-12)14(6-16(18)23)19-21-20(27-11-26-19)15(9-25-21)22(29)28-13-4-5-24-8-13/h6-7,9,11-13,24-25H,2-5,8,10H2,1H3,(H,28,29)/t13-/m1/s1. The number of amides is 1. The van der Waals surface area contributed by atoms with E-state index in [2.05, 4.69) is 25.6 Å². The molecule has 1 atom stereocenters. The molecule has 1 saturated carbocycles. The molecule has 2 aromatic heterocycles. The van der Waals surface area contributed by atoms with E-state index in [-0.39, 0.29) is 17.7 Å². The van der Waals surface area contributed by atoms with Gasteiger partial charge in [0.05, 0.1) is 24.8 Å². The van der Waals surface area contributed by atoms with Crippen LogP contribution in [0.2, 0.25) is 0 Å². The summed E-state index contributed by atoms with van der Waals surface area (Å²) in [6, 6.07) is 3.00. The number of carbonyl (C=O) groups is 1.